The zero-order valence-corrected chi connectivity index (χ0v) is 9.10. The maximum atomic E-state index is 11.3. The van der Waals surface area contributed by atoms with Gasteiger partial charge in [-0.1, -0.05) is 6.92 Å². The lowest BCUT2D eigenvalue weighted by Gasteiger charge is -2.14. The van der Waals surface area contributed by atoms with Crippen molar-refractivity contribution < 1.29 is 18.9 Å². The Balaban J connectivity index is 4.03. The fourth-order valence-electron chi connectivity index (χ4n) is 0.792. The summed E-state index contributed by atoms with van der Waals surface area (Å²) >= 11 is 0.498. The molecule has 0 bridgehead atoms. The van der Waals surface area contributed by atoms with Gasteiger partial charge in [0.25, 0.3) is 0 Å². The van der Waals surface area contributed by atoms with Crippen LogP contribution in [0.3, 0.4) is 0 Å². The molecule has 0 aliphatic rings. The van der Waals surface area contributed by atoms with Crippen LogP contribution in [0.15, 0.2) is 0 Å². The molecule has 5 nitrogen and oxygen atoms in total. The number of hydrogen-bond acceptors (Lipinski definition) is 5. The van der Waals surface area contributed by atoms with Gasteiger partial charge in [-0.25, -0.2) is 4.79 Å². The quantitative estimate of drug-likeness (QED) is 0.509. The Kier molecular flexibility index (Phi) is 7.23. The van der Waals surface area contributed by atoms with E-state index in [1.165, 1.54) is 6.92 Å². The second-order valence-corrected chi connectivity index (χ2v) is 3.31. The minimum Gasteiger partial charge on any atom is -0.464 e. The van der Waals surface area contributed by atoms with Gasteiger partial charge in [-0.2, -0.15) is 0 Å². The minimum absolute atomic E-state index is 0.0993. The zero-order chi connectivity index (χ0) is 11.0. The molecule has 0 radical (unpaired) electrons. The van der Waals surface area contributed by atoms with E-state index < -0.39 is 12.0 Å². The summed E-state index contributed by atoms with van der Waals surface area (Å²) in [7, 11) is 0. The second kappa shape index (κ2) is 7.64. The van der Waals surface area contributed by atoms with Crippen molar-refractivity contribution in [1.29, 1.82) is 0 Å². The number of esters is 1. The van der Waals surface area contributed by atoms with E-state index in [9.17, 15) is 9.59 Å². The van der Waals surface area contributed by atoms with Gasteiger partial charge in [0.2, 0.25) is 5.91 Å². The molecule has 1 amide bonds. The normalized spacial score (nSPS) is 11.9. The van der Waals surface area contributed by atoms with Gasteiger partial charge in [-0.05, 0) is 18.5 Å². The fourth-order valence-corrected chi connectivity index (χ4v) is 1.16. The van der Waals surface area contributed by atoms with Crippen LogP contribution < -0.4 is 5.32 Å². The van der Waals surface area contributed by atoms with Crippen molar-refractivity contribution in [2.75, 3.05) is 12.4 Å². The molecule has 0 aromatic rings. The van der Waals surface area contributed by atoms with Crippen LogP contribution in [-0.2, 0) is 14.3 Å². The van der Waals surface area contributed by atoms with Crippen molar-refractivity contribution >= 4 is 23.9 Å². The number of hydrogen-bond donors (Lipinski definition) is 2. The molecule has 6 heteroatoms. The Labute approximate surface area is 87.4 Å². The van der Waals surface area contributed by atoms with Crippen LogP contribution >= 0.6 is 12.0 Å². The van der Waals surface area contributed by atoms with Crippen molar-refractivity contribution in [1.82, 2.24) is 5.32 Å². The van der Waals surface area contributed by atoms with Crippen molar-refractivity contribution in [2.45, 2.75) is 26.3 Å². The van der Waals surface area contributed by atoms with Crippen molar-refractivity contribution in [3.8, 4) is 0 Å². The van der Waals surface area contributed by atoms with Gasteiger partial charge in [-0.15, -0.1) is 0 Å². The van der Waals surface area contributed by atoms with Gasteiger partial charge in [0.15, 0.2) is 0 Å². The van der Waals surface area contributed by atoms with Crippen molar-refractivity contribution in [3.05, 3.63) is 0 Å². The summed E-state index contributed by atoms with van der Waals surface area (Å²) in [5.41, 5.74) is 0. The molecule has 0 aromatic heterocycles. The number of nitrogens with one attached hydrogen (secondary N) is 1. The maximum Gasteiger partial charge on any atom is 0.329 e. The van der Waals surface area contributed by atoms with Crippen molar-refractivity contribution in [3.63, 3.8) is 0 Å². The molecule has 14 heavy (non-hydrogen) atoms. The predicted molar refractivity (Wildman–Crippen MR) is 53.9 cm³/mol. The highest BCUT2D eigenvalue weighted by atomic mass is 32.2. The Morgan fingerprint density at radius 3 is 2.64 bits per heavy atom. The highest BCUT2D eigenvalue weighted by molar-refractivity contribution is 7.93. The van der Waals surface area contributed by atoms with E-state index in [1.54, 1.807) is 0 Å². The van der Waals surface area contributed by atoms with Crippen LogP contribution in [0.2, 0.25) is 0 Å². The highest BCUT2D eigenvalue weighted by Gasteiger charge is 2.20. The second-order valence-electron chi connectivity index (χ2n) is 2.72. The molecule has 0 aliphatic heterocycles. The van der Waals surface area contributed by atoms with E-state index >= 15 is 0 Å². The van der Waals surface area contributed by atoms with Gasteiger partial charge < -0.3 is 14.6 Å². The van der Waals surface area contributed by atoms with E-state index in [-0.39, 0.29) is 11.7 Å². The molecule has 1 atom stereocenters. The van der Waals surface area contributed by atoms with E-state index in [0.29, 0.717) is 18.6 Å². The number of carbonyl (C=O) groups excluding carboxylic acids is 2. The summed E-state index contributed by atoms with van der Waals surface area (Å²) in [6, 6.07) is -0.769. The van der Waals surface area contributed by atoms with Crippen LogP contribution in [0.4, 0.5) is 0 Å². The van der Waals surface area contributed by atoms with Gasteiger partial charge in [-0.3, -0.25) is 4.79 Å². The Hall–Kier alpha value is -0.750. The fraction of sp³-hybridized carbons (Fsp3) is 0.750. The van der Waals surface area contributed by atoms with Gasteiger partial charge >= 0.3 is 5.97 Å². The third-order valence-electron chi connectivity index (χ3n) is 1.35. The first kappa shape index (κ1) is 13.2. The topological polar surface area (TPSA) is 75.6 Å². The third kappa shape index (κ3) is 5.82. The molecule has 0 heterocycles. The molecule has 0 aliphatic carbocycles. The first-order valence-corrected chi connectivity index (χ1v) is 5.26. The SMILES string of the molecule is CCCOC(=O)[C@H](CSO)NC(C)=O. The van der Waals surface area contributed by atoms with Crippen LogP contribution in [-0.4, -0.2) is 34.8 Å². The summed E-state index contributed by atoms with van der Waals surface area (Å²) in [5, 5.41) is 2.40. The lowest BCUT2D eigenvalue weighted by molar-refractivity contribution is -0.147. The van der Waals surface area contributed by atoms with Crippen LogP contribution in [0.5, 0.6) is 0 Å². The molecule has 0 spiro atoms. The van der Waals surface area contributed by atoms with Crippen LogP contribution in [0, 0.1) is 0 Å². The summed E-state index contributed by atoms with van der Waals surface area (Å²) in [4.78, 5) is 22.0. The zero-order valence-electron chi connectivity index (χ0n) is 8.28. The highest BCUT2D eigenvalue weighted by Crippen LogP contribution is 1.99. The summed E-state index contributed by atoms with van der Waals surface area (Å²) < 4.78 is 13.4. The summed E-state index contributed by atoms with van der Waals surface area (Å²) in [5.74, 6) is -0.733. The largest absolute Gasteiger partial charge is 0.464 e. The Bertz CT molecular complexity index is 198. The molecular weight excluding hydrogens is 206 g/mol. The first-order chi connectivity index (χ1) is 6.61. The molecule has 0 saturated carbocycles. The number of carbonyl (C=O) groups is 2. The standard InChI is InChI=1S/C8H15NO4S/c1-3-4-13-8(11)7(5-14-12)9-6(2)10/h7,12H,3-5H2,1-2H3,(H,9,10)/t7-/m0/s1. The molecule has 0 unspecified atom stereocenters. The number of rotatable bonds is 6. The molecule has 82 valence electrons. The van der Waals surface area contributed by atoms with Crippen LogP contribution in [0.1, 0.15) is 20.3 Å². The van der Waals surface area contributed by atoms with E-state index in [0.717, 1.165) is 6.42 Å². The molecule has 0 rings (SSSR count). The predicted octanol–water partition coefficient (Wildman–Crippen LogP) is 0.650. The van der Waals surface area contributed by atoms with E-state index in [1.807, 2.05) is 6.92 Å². The monoisotopic (exact) mass is 221 g/mol. The molecule has 2 N–H and O–H groups in total. The molecule has 0 fully saturated rings. The van der Waals surface area contributed by atoms with Crippen molar-refractivity contribution in [2.24, 2.45) is 0 Å². The lowest BCUT2D eigenvalue weighted by atomic mass is 10.3. The maximum absolute atomic E-state index is 11.3. The lowest BCUT2D eigenvalue weighted by Crippen LogP contribution is -2.42. The van der Waals surface area contributed by atoms with Gasteiger partial charge in [0, 0.05) is 6.92 Å². The third-order valence-corrected chi connectivity index (χ3v) is 1.83. The Morgan fingerprint density at radius 1 is 1.57 bits per heavy atom. The summed E-state index contributed by atoms with van der Waals surface area (Å²) in [6.45, 7) is 3.51. The smallest absolute Gasteiger partial charge is 0.329 e. The van der Waals surface area contributed by atoms with E-state index in [4.69, 9.17) is 9.29 Å². The first-order valence-electron chi connectivity index (χ1n) is 4.32. The summed E-state index contributed by atoms with van der Waals surface area (Å²) in [6.07, 6.45) is 0.727. The number of ether oxygens (including phenoxy) is 1. The molecule has 0 saturated heterocycles. The van der Waals surface area contributed by atoms with Gasteiger partial charge in [0.05, 0.1) is 12.4 Å². The minimum atomic E-state index is -0.769. The molecule has 0 aromatic carbocycles. The van der Waals surface area contributed by atoms with Gasteiger partial charge in [0.1, 0.15) is 6.04 Å². The average Bonchev–Trinajstić information content (AvgIpc) is 2.13. The Morgan fingerprint density at radius 2 is 2.21 bits per heavy atom. The number of amides is 1. The average molecular weight is 221 g/mol. The van der Waals surface area contributed by atoms with Crippen LogP contribution in [0.25, 0.3) is 0 Å². The van der Waals surface area contributed by atoms with E-state index in [2.05, 4.69) is 5.32 Å². The molecular formula is C8H15NO4S.